The van der Waals surface area contributed by atoms with Crippen molar-refractivity contribution in [1.29, 1.82) is 0 Å². The first-order valence-corrected chi connectivity index (χ1v) is 11.3. The number of aromatic nitrogens is 1. The quantitative estimate of drug-likeness (QED) is 0.834. The van der Waals surface area contributed by atoms with Gasteiger partial charge < -0.3 is 19.5 Å². The first kappa shape index (κ1) is 19.5. The molecule has 1 aliphatic heterocycles. The highest BCUT2D eigenvalue weighted by molar-refractivity contribution is 6.04. The van der Waals surface area contributed by atoms with Crippen LogP contribution in [0, 0.1) is 0 Å². The number of methoxy groups -OCH3 is 1. The zero-order chi connectivity index (χ0) is 20.9. The number of nitrogens with zero attached hydrogens (tertiary/aromatic N) is 2. The molecular weight excluding hydrogens is 378 g/mol. The summed E-state index contributed by atoms with van der Waals surface area (Å²) >= 11 is 0. The smallest absolute Gasteiger partial charge is 0.271 e. The zero-order valence-corrected chi connectivity index (χ0v) is 17.9. The van der Waals surface area contributed by atoms with E-state index in [0.717, 1.165) is 55.2 Å². The molecule has 6 heteroatoms. The number of amides is 2. The number of benzene rings is 1. The summed E-state index contributed by atoms with van der Waals surface area (Å²) in [4.78, 5) is 29.3. The summed E-state index contributed by atoms with van der Waals surface area (Å²) in [6.07, 6.45) is 8.60. The van der Waals surface area contributed by atoms with Crippen molar-refractivity contribution in [2.45, 2.75) is 82.5 Å². The van der Waals surface area contributed by atoms with Gasteiger partial charge in [-0.05, 0) is 50.8 Å². The molecule has 1 atom stereocenters. The summed E-state index contributed by atoms with van der Waals surface area (Å²) in [6.45, 7) is 2.43. The van der Waals surface area contributed by atoms with Gasteiger partial charge in [-0.25, -0.2) is 0 Å². The summed E-state index contributed by atoms with van der Waals surface area (Å²) in [5.74, 6) is 0.726. The second kappa shape index (κ2) is 7.33. The van der Waals surface area contributed by atoms with E-state index in [2.05, 4.69) is 5.32 Å². The van der Waals surface area contributed by atoms with Crippen molar-refractivity contribution >= 4 is 22.7 Å². The third kappa shape index (κ3) is 2.99. The third-order valence-corrected chi connectivity index (χ3v) is 7.42. The molecular formula is C24H31N3O3. The van der Waals surface area contributed by atoms with Crippen LogP contribution in [0.2, 0.25) is 0 Å². The second-order valence-electron chi connectivity index (χ2n) is 9.38. The Morgan fingerprint density at radius 2 is 1.80 bits per heavy atom. The lowest BCUT2D eigenvalue weighted by atomic mass is 9.91. The minimum absolute atomic E-state index is 0.00922. The Labute approximate surface area is 177 Å². The van der Waals surface area contributed by atoms with Crippen LogP contribution in [0.3, 0.4) is 0 Å². The van der Waals surface area contributed by atoms with Crippen LogP contribution in [-0.2, 0) is 11.3 Å². The van der Waals surface area contributed by atoms with Crippen molar-refractivity contribution in [1.82, 2.24) is 14.8 Å². The van der Waals surface area contributed by atoms with Gasteiger partial charge >= 0.3 is 0 Å². The van der Waals surface area contributed by atoms with Crippen LogP contribution in [0.1, 0.15) is 68.8 Å². The zero-order valence-electron chi connectivity index (χ0n) is 17.9. The molecule has 30 heavy (non-hydrogen) atoms. The number of ether oxygens (including phenoxy) is 1. The van der Waals surface area contributed by atoms with Crippen LogP contribution in [-0.4, -0.2) is 46.0 Å². The lowest BCUT2D eigenvalue weighted by molar-refractivity contribution is -0.135. The van der Waals surface area contributed by atoms with Crippen LogP contribution < -0.4 is 10.1 Å². The molecule has 0 spiro atoms. The first-order valence-electron chi connectivity index (χ1n) is 11.3. The van der Waals surface area contributed by atoms with E-state index in [-0.39, 0.29) is 23.9 Å². The van der Waals surface area contributed by atoms with Gasteiger partial charge in [0.05, 0.1) is 19.2 Å². The molecule has 2 saturated carbocycles. The number of hydrogen-bond donors (Lipinski definition) is 1. The molecule has 3 aliphatic rings. The minimum Gasteiger partial charge on any atom is -0.497 e. The molecule has 0 unspecified atom stereocenters. The molecule has 0 bridgehead atoms. The van der Waals surface area contributed by atoms with Gasteiger partial charge in [-0.3, -0.25) is 9.59 Å². The van der Waals surface area contributed by atoms with E-state index in [4.69, 9.17) is 4.74 Å². The molecule has 1 N–H and O–H groups in total. The molecule has 1 aromatic carbocycles. The molecule has 2 aromatic rings. The number of carbonyl (C=O) groups is 2. The van der Waals surface area contributed by atoms with E-state index in [1.165, 1.54) is 12.8 Å². The number of carbonyl (C=O) groups excluding carboxylic acids is 2. The predicted molar refractivity (Wildman–Crippen MR) is 116 cm³/mol. The van der Waals surface area contributed by atoms with Crippen LogP contribution in [0.15, 0.2) is 24.3 Å². The summed E-state index contributed by atoms with van der Waals surface area (Å²) in [6, 6.07) is 8.21. The Morgan fingerprint density at radius 3 is 2.50 bits per heavy atom. The first-order chi connectivity index (χ1) is 14.5. The lowest BCUT2D eigenvalue weighted by Crippen LogP contribution is -2.67. The van der Waals surface area contributed by atoms with Gasteiger partial charge in [0.2, 0.25) is 5.91 Å². The fraction of sp³-hybridized carbons (Fsp3) is 0.583. The van der Waals surface area contributed by atoms with Crippen molar-refractivity contribution in [3.05, 3.63) is 30.0 Å². The molecule has 2 aliphatic carbocycles. The van der Waals surface area contributed by atoms with Crippen molar-refractivity contribution in [3.63, 3.8) is 0 Å². The Balaban J connectivity index is 1.59. The van der Waals surface area contributed by atoms with Gasteiger partial charge in [0.25, 0.3) is 5.91 Å². The van der Waals surface area contributed by atoms with Crippen molar-refractivity contribution in [3.8, 4) is 5.75 Å². The topological polar surface area (TPSA) is 63.6 Å². The number of fused-ring (bicyclic) bond motifs is 3. The maximum absolute atomic E-state index is 13.8. The summed E-state index contributed by atoms with van der Waals surface area (Å²) in [5.41, 5.74) is 0.733. The molecule has 5 rings (SSSR count). The summed E-state index contributed by atoms with van der Waals surface area (Å²) in [7, 11) is 1.65. The minimum atomic E-state index is -0.892. The average molecular weight is 410 g/mol. The van der Waals surface area contributed by atoms with Crippen LogP contribution in [0.25, 0.3) is 10.9 Å². The van der Waals surface area contributed by atoms with Gasteiger partial charge in [-0.1, -0.05) is 25.7 Å². The van der Waals surface area contributed by atoms with E-state index in [1.807, 2.05) is 40.7 Å². The fourth-order valence-electron chi connectivity index (χ4n) is 5.76. The molecule has 6 nitrogen and oxygen atoms in total. The molecule has 0 radical (unpaired) electrons. The number of nitrogens with one attached hydrogen (secondary N) is 1. The van der Waals surface area contributed by atoms with Gasteiger partial charge in [-0.2, -0.15) is 0 Å². The average Bonchev–Trinajstić information content (AvgIpc) is 3.49. The summed E-state index contributed by atoms with van der Waals surface area (Å²) in [5, 5.41) is 4.29. The van der Waals surface area contributed by atoms with E-state index in [1.54, 1.807) is 7.11 Å². The summed E-state index contributed by atoms with van der Waals surface area (Å²) < 4.78 is 7.44. The highest BCUT2D eigenvalue weighted by Gasteiger charge is 2.51. The predicted octanol–water partition coefficient (Wildman–Crippen LogP) is 3.87. The maximum atomic E-state index is 13.8. The van der Waals surface area contributed by atoms with E-state index in [9.17, 15) is 9.59 Å². The van der Waals surface area contributed by atoms with E-state index >= 15 is 0 Å². The van der Waals surface area contributed by atoms with Gasteiger partial charge in [0, 0.05) is 23.5 Å². The standard InChI is InChI=1S/C24H31N3O3/c1-24(23(29)25-17-7-3-4-8-17)15-26-20-14-19(30-2)12-11-16(20)13-21(26)22(28)27(24)18-9-5-6-10-18/h11-14,17-18H,3-10,15H2,1-2H3,(H,25,29)/t24-/m1/s1. The fourth-order valence-corrected chi connectivity index (χ4v) is 5.76. The maximum Gasteiger partial charge on any atom is 0.271 e. The number of rotatable bonds is 4. The lowest BCUT2D eigenvalue weighted by Gasteiger charge is -2.47. The van der Waals surface area contributed by atoms with E-state index < -0.39 is 5.54 Å². The Kier molecular flexibility index (Phi) is 4.75. The molecule has 160 valence electrons. The highest BCUT2D eigenvalue weighted by Crippen LogP contribution is 2.38. The highest BCUT2D eigenvalue weighted by atomic mass is 16.5. The van der Waals surface area contributed by atoms with Crippen LogP contribution in [0.4, 0.5) is 0 Å². The second-order valence-corrected chi connectivity index (χ2v) is 9.38. The molecule has 2 heterocycles. The van der Waals surface area contributed by atoms with Crippen molar-refractivity contribution in [2.75, 3.05) is 7.11 Å². The number of hydrogen-bond acceptors (Lipinski definition) is 3. The van der Waals surface area contributed by atoms with Gasteiger partial charge in [0.1, 0.15) is 17.0 Å². The van der Waals surface area contributed by atoms with Gasteiger partial charge in [-0.15, -0.1) is 0 Å². The molecule has 2 fully saturated rings. The van der Waals surface area contributed by atoms with Crippen molar-refractivity contribution < 1.29 is 14.3 Å². The Hall–Kier alpha value is -2.50. The van der Waals surface area contributed by atoms with Crippen LogP contribution >= 0.6 is 0 Å². The van der Waals surface area contributed by atoms with Crippen LogP contribution in [0.5, 0.6) is 5.75 Å². The van der Waals surface area contributed by atoms with Gasteiger partial charge in [0.15, 0.2) is 0 Å². The molecule has 1 aromatic heterocycles. The monoisotopic (exact) mass is 409 g/mol. The van der Waals surface area contributed by atoms with E-state index in [0.29, 0.717) is 12.2 Å². The third-order valence-electron chi connectivity index (χ3n) is 7.42. The molecule has 2 amide bonds. The SMILES string of the molecule is COc1ccc2cc3n(c2c1)C[C@](C)(C(=O)NC1CCCC1)N(C1CCCC1)C3=O. The Morgan fingerprint density at radius 1 is 1.10 bits per heavy atom. The normalized spacial score (nSPS) is 25.1. The Bertz CT molecular complexity index is 985. The molecule has 0 saturated heterocycles. The largest absolute Gasteiger partial charge is 0.497 e. The van der Waals surface area contributed by atoms with Crippen molar-refractivity contribution in [2.24, 2.45) is 0 Å².